The van der Waals surface area contributed by atoms with Crippen LogP contribution in [0.1, 0.15) is 42.1 Å². The lowest BCUT2D eigenvalue weighted by molar-refractivity contribution is -0.122. The first kappa shape index (κ1) is 23.0. The zero-order valence-corrected chi connectivity index (χ0v) is 19.1. The Kier molecular flexibility index (Phi) is 7.40. The smallest absolute Gasteiger partial charge is 0.256 e. The molecule has 2 aliphatic rings. The molecule has 33 heavy (non-hydrogen) atoms. The van der Waals surface area contributed by atoms with E-state index in [2.05, 4.69) is 24.4 Å². The van der Waals surface area contributed by atoms with E-state index in [-0.39, 0.29) is 24.1 Å². The Morgan fingerprint density at radius 1 is 1.06 bits per heavy atom. The molecule has 2 aromatic rings. The molecule has 0 spiro atoms. The fourth-order valence-corrected chi connectivity index (χ4v) is 4.31. The Hall–Kier alpha value is -3.19. The molecule has 2 saturated heterocycles. The predicted octanol–water partition coefficient (Wildman–Crippen LogP) is 3.49. The summed E-state index contributed by atoms with van der Waals surface area (Å²) >= 11 is 0. The maximum absolute atomic E-state index is 13.0. The molecule has 2 aromatic carbocycles. The lowest BCUT2D eigenvalue weighted by Crippen LogP contribution is -2.41. The molecule has 1 N–H and O–H groups in total. The van der Waals surface area contributed by atoms with Gasteiger partial charge in [0.25, 0.3) is 5.91 Å². The van der Waals surface area contributed by atoms with E-state index in [0.29, 0.717) is 44.1 Å². The molecular formula is C26H31N3O4. The minimum atomic E-state index is -0.469. The zero-order chi connectivity index (χ0) is 23.2. The van der Waals surface area contributed by atoms with Gasteiger partial charge in [-0.1, -0.05) is 37.6 Å². The largest absolute Gasteiger partial charge is 0.378 e. The first-order valence-electron chi connectivity index (χ1n) is 11.7. The third-order valence-electron chi connectivity index (χ3n) is 6.28. The Labute approximate surface area is 194 Å². The number of aryl methyl sites for hydroxylation is 1. The lowest BCUT2D eigenvalue weighted by Gasteiger charge is -2.27. The number of morpholine rings is 1. The van der Waals surface area contributed by atoms with Gasteiger partial charge in [0.1, 0.15) is 0 Å². The van der Waals surface area contributed by atoms with E-state index in [4.69, 9.17) is 4.74 Å². The summed E-state index contributed by atoms with van der Waals surface area (Å²) in [6.45, 7) is 4.59. The highest BCUT2D eigenvalue weighted by molar-refractivity contribution is 6.07. The molecule has 2 heterocycles. The van der Waals surface area contributed by atoms with Gasteiger partial charge in [-0.05, 0) is 42.7 Å². The molecule has 0 bridgehead atoms. The molecule has 0 aromatic heterocycles. The van der Waals surface area contributed by atoms with Gasteiger partial charge in [0, 0.05) is 31.7 Å². The SMILES string of the molecule is CCCCc1ccc(N2CC(C(=O)Nc3ccccc3C(=O)N3CCOCC3)CC2=O)cc1. The van der Waals surface area contributed by atoms with Crippen molar-refractivity contribution in [1.82, 2.24) is 4.90 Å². The van der Waals surface area contributed by atoms with Crippen LogP contribution < -0.4 is 10.2 Å². The molecule has 0 saturated carbocycles. The average molecular weight is 450 g/mol. The number of amides is 3. The second-order valence-electron chi connectivity index (χ2n) is 8.61. The number of nitrogens with zero attached hydrogens (tertiary/aromatic N) is 2. The maximum Gasteiger partial charge on any atom is 0.256 e. The number of carbonyl (C=O) groups excluding carboxylic acids is 3. The molecule has 3 amide bonds. The Morgan fingerprint density at radius 2 is 1.79 bits per heavy atom. The summed E-state index contributed by atoms with van der Waals surface area (Å²) in [5.74, 6) is -0.896. The van der Waals surface area contributed by atoms with Crippen molar-refractivity contribution in [3.8, 4) is 0 Å². The van der Waals surface area contributed by atoms with Crippen LogP contribution >= 0.6 is 0 Å². The number of nitrogens with one attached hydrogen (secondary N) is 1. The van der Waals surface area contributed by atoms with E-state index in [1.54, 1.807) is 34.1 Å². The third-order valence-corrected chi connectivity index (χ3v) is 6.28. The van der Waals surface area contributed by atoms with Gasteiger partial charge in [-0.25, -0.2) is 0 Å². The Morgan fingerprint density at radius 3 is 2.52 bits per heavy atom. The predicted molar refractivity (Wildman–Crippen MR) is 127 cm³/mol. The summed E-state index contributed by atoms with van der Waals surface area (Å²) in [6.07, 6.45) is 3.46. The van der Waals surface area contributed by atoms with Gasteiger partial charge in [-0.15, -0.1) is 0 Å². The van der Waals surface area contributed by atoms with E-state index in [0.717, 1.165) is 24.9 Å². The number of anilines is 2. The number of carbonyl (C=O) groups is 3. The van der Waals surface area contributed by atoms with Crippen LogP contribution in [0.15, 0.2) is 48.5 Å². The highest BCUT2D eigenvalue weighted by atomic mass is 16.5. The van der Waals surface area contributed by atoms with E-state index in [1.165, 1.54) is 5.56 Å². The Balaban J connectivity index is 1.41. The van der Waals surface area contributed by atoms with Crippen molar-refractivity contribution in [3.63, 3.8) is 0 Å². The number of rotatable bonds is 7. The van der Waals surface area contributed by atoms with Crippen molar-refractivity contribution >= 4 is 29.1 Å². The minimum absolute atomic E-state index is 0.0610. The summed E-state index contributed by atoms with van der Waals surface area (Å²) in [6, 6.07) is 15.1. The third kappa shape index (κ3) is 5.42. The number of hydrogen-bond acceptors (Lipinski definition) is 4. The quantitative estimate of drug-likeness (QED) is 0.702. The highest BCUT2D eigenvalue weighted by Crippen LogP contribution is 2.27. The molecule has 2 fully saturated rings. The van der Waals surface area contributed by atoms with Crippen LogP contribution in [0.4, 0.5) is 11.4 Å². The van der Waals surface area contributed by atoms with E-state index >= 15 is 0 Å². The van der Waals surface area contributed by atoms with Gasteiger partial charge in [-0.2, -0.15) is 0 Å². The highest BCUT2D eigenvalue weighted by Gasteiger charge is 2.35. The van der Waals surface area contributed by atoms with Crippen molar-refractivity contribution in [2.24, 2.45) is 5.92 Å². The van der Waals surface area contributed by atoms with Crippen molar-refractivity contribution in [1.29, 1.82) is 0 Å². The molecule has 7 nitrogen and oxygen atoms in total. The van der Waals surface area contributed by atoms with Crippen LogP contribution in [-0.4, -0.2) is 55.5 Å². The van der Waals surface area contributed by atoms with Crippen molar-refractivity contribution in [3.05, 3.63) is 59.7 Å². The summed E-state index contributed by atoms with van der Waals surface area (Å²) in [7, 11) is 0. The first-order valence-corrected chi connectivity index (χ1v) is 11.7. The molecule has 4 rings (SSSR count). The van der Waals surface area contributed by atoms with Crippen molar-refractivity contribution in [2.45, 2.75) is 32.6 Å². The van der Waals surface area contributed by atoms with Crippen LogP contribution in [-0.2, 0) is 20.7 Å². The zero-order valence-electron chi connectivity index (χ0n) is 19.1. The van der Waals surface area contributed by atoms with E-state index in [1.807, 2.05) is 12.1 Å². The van der Waals surface area contributed by atoms with Crippen LogP contribution in [0.25, 0.3) is 0 Å². The topological polar surface area (TPSA) is 79.0 Å². The number of hydrogen-bond donors (Lipinski definition) is 1. The fourth-order valence-electron chi connectivity index (χ4n) is 4.31. The number of benzene rings is 2. The maximum atomic E-state index is 13.0. The van der Waals surface area contributed by atoms with Gasteiger partial charge < -0.3 is 19.9 Å². The molecular weight excluding hydrogens is 418 g/mol. The van der Waals surface area contributed by atoms with Gasteiger partial charge in [0.2, 0.25) is 11.8 Å². The summed E-state index contributed by atoms with van der Waals surface area (Å²) in [5, 5.41) is 2.90. The van der Waals surface area contributed by atoms with Crippen LogP contribution in [0.3, 0.4) is 0 Å². The molecule has 0 radical (unpaired) electrons. The molecule has 174 valence electrons. The summed E-state index contributed by atoms with van der Waals surface area (Å²) < 4.78 is 5.33. The minimum Gasteiger partial charge on any atom is -0.378 e. The van der Waals surface area contributed by atoms with Gasteiger partial charge >= 0.3 is 0 Å². The number of ether oxygens (including phenoxy) is 1. The van der Waals surface area contributed by atoms with E-state index < -0.39 is 5.92 Å². The van der Waals surface area contributed by atoms with Gasteiger partial charge in [-0.3, -0.25) is 14.4 Å². The first-order chi connectivity index (χ1) is 16.1. The van der Waals surface area contributed by atoms with Crippen molar-refractivity contribution < 1.29 is 19.1 Å². The molecule has 0 aliphatic carbocycles. The second-order valence-corrected chi connectivity index (χ2v) is 8.61. The molecule has 2 aliphatic heterocycles. The molecule has 7 heteroatoms. The molecule has 1 atom stereocenters. The summed E-state index contributed by atoms with van der Waals surface area (Å²) in [4.78, 5) is 42.1. The van der Waals surface area contributed by atoms with Crippen LogP contribution in [0.5, 0.6) is 0 Å². The summed E-state index contributed by atoms with van der Waals surface area (Å²) in [5.41, 5.74) is 3.00. The fraction of sp³-hybridized carbons (Fsp3) is 0.423. The standard InChI is InChI=1S/C26H31N3O4/c1-2-3-6-19-9-11-21(12-10-19)29-18-20(17-24(29)30)25(31)27-23-8-5-4-7-22(23)26(32)28-13-15-33-16-14-28/h4-5,7-12,20H,2-3,6,13-18H2,1H3,(H,27,31). The monoisotopic (exact) mass is 449 g/mol. The molecule has 1 unspecified atom stereocenters. The van der Waals surface area contributed by atoms with Crippen LogP contribution in [0.2, 0.25) is 0 Å². The lowest BCUT2D eigenvalue weighted by atomic mass is 10.1. The van der Waals surface area contributed by atoms with Crippen molar-refractivity contribution in [2.75, 3.05) is 43.1 Å². The van der Waals surface area contributed by atoms with Crippen LogP contribution in [0, 0.1) is 5.92 Å². The Bertz CT molecular complexity index is 999. The number of unbranched alkanes of at least 4 members (excludes halogenated alkanes) is 1. The average Bonchev–Trinajstić information content (AvgIpc) is 3.25. The van der Waals surface area contributed by atoms with E-state index in [9.17, 15) is 14.4 Å². The number of para-hydroxylation sites is 1. The normalized spacial score (nSPS) is 18.5. The second kappa shape index (κ2) is 10.6. The van der Waals surface area contributed by atoms with Gasteiger partial charge in [0.05, 0.1) is 30.4 Å². The van der Waals surface area contributed by atoms with Gasteiger partial charge in [0.15, 0.2) is 0 Å².